The second-order valence-corrected chi connectivity index (χ2v) is 7.11. The summed E-state index contributed by atoms with van der Waals surface area (Å²) >= 11 is 11.9. The molecule has 0 heterocycles. The number of rotatable bonds is 2. The molecule has 1 aromatic rings. The van der Waals surface area contributed by atoms with Crippen LogP contribution in [0.15, 0.2) is 30.4 Å². The van der Waals surface area contributed by atoms with Gasteiger partial charge in [0.2, 0.25) is 5.91 Å². The third-order valence-electron chi connectivity index (χ3n) is 4.83. The molecular formula is C16H17Cl2NO. The molecule has 2 bridgehead atoms. The van der Waals surface area contributed by atoms with Gasteiger partial charge in [0.15, 0.2) is 0 Å². The number of amides is 1. The Kier molecular flexibility index (Phi) is 3.34. The van der Waals surface area contributed by atoms with Crippen molar-refractivity contribution in [3.63, 3.8) is 0 Å². The van der Waals surface area contributed by atoms with E-state index in [9.17, 15) is 4.79 Å². The van der Waals surface area contributed by atoms with Gasteiger partial charge in [-0.3, -0.25) is 4.79 Å². The Morgan fingerprint density at radius 1 is 1.25 bits per heavy atom. The molecule has 3 rings (SSSR count). The zero-order valence-corrected chi connectivity index (χ0v) is 13.0. The third kappa shape index (κ3) is 2.15. The lowest BCUT2D eigenvalue weighted by Gasteiger charge is -2.25. The summed E-state index contributed by atoms with van der Waals surface area (Å²) in [7, 11) is 0. The molecule has 106 valence electrons. The monoisotopic (exact) mass is 309 g/mol. The van der Waals surface area contributed by atoms with Crippen LogP contribution in [0, 0.1) is 23.2 Å². The first-order valence-electron chi connectivity index (χ1n) is 6.84. The second kappa shape index (κ2) is 4.78. The van der Waals surface area contributed by atoms with E-state index in [4.69, 9.17) is 23.2 Å². The summed E-state index contributed by atoms with van der Waals surface area (Å²) in [5.41, 5.74) is 0.897. The van der Waals surface area contributed by atoms with Gasteiger partial charge in [0.1, 0.15) is 0 Å². The van der Waals surface area contributed by atoms with Crippen molar-refractivity contribution in [2.45, 2.75) is 20.3 Å². The highest BCUT2D eigenvalue weighted by Gasteiger charge is 2.52. The minimum absolute atomic E-state index is 0.0504. The van der Waals surface area contributed by atoms with E-state index in [0.717, 1.165) is 6.42 Å². The van der Waals surface area contributed by atoms with E-state index in [1.54, 1.807) is 18.2 Å². The average Bonchev–Trinajstić information content (AvgIpc) is 2.82. The molecule has 1 fully saturated rings. The van der Waals surface area contributed by atoms with Gasteiger partial charge >= 0.3 is 0 Å². The molecule has 1 amide bonds. The summed E-state index contributed by atoms with van der Waals surface area (Å²) in [5, 5.41) is 3.91. The van der Waals surface area contributed by atoms with Crippen LogP contribution in [0.3, 0.4) is 0 Å². The molecule has 2 nitrogen and oxygen atoms in total. The van der Waals surface area contributed by atoms with Crippen LogP contribution in [0.1, 0.15) is 20.3 Å². The van der Waals surface area contributed by atoms with Gasteiger partial charge in [-0.1, -0.05) is 49.2 Å². The molecule has 0 aromatic heterocycles. The van der Waals surface area contributed by atoms with Crippen molar-refractivity contribution in [3.05, 3.63) is 40.4 Å². The second-order valence-electron chi connectivity index (χ2n) is 6.30. The SMILES string of the molecule is CC1(C)C2C=CC1C(C(=O)Nc1ccc(Cl)c(Cl)c1)C2. The van der Waals surface area contributed by atoms with E-state index >= 15 is 0 Å². The lowest BCUT2D eigenvalue weighted by molar-refractivity contribution is -0.120. The maximum Gasteiger partial charge on any atom is 0.228 e. The molecule has 20 heavy (non-hydrogen) atoms. The van der Waals surface area contributed by atoms with Crippen molar-refractivity contribution in [3.8, 4) is 0 Å². The number of anilines is 1. The summed E-state index contributed by atoms with van der Waals surface area (Å²) in [6.45, 7) is 4.49. The number of carbonyl (C=O) groups is 1. The number of fused-ring (bicyclic) bond motifs is 2. The molecular weight excluding hydrogens is 293 g/mol. The molecule has 1 aromatic carbocycles. The van der Waals surface area contributed by atoms with Gasteiger partial charge in [0.05, 0.1) is 10.0 Å². The number of nitrogens with one attached hydrogen (secondary N) is 1. The van der Waals surface area contributed by atoms with Crippen LogP contribution in [0.25, 0.3) is 0 Å². The van der Waals surface area contributed by atoms with Crippen molar-refractivity contribution in [2.24, 2.45) is 23.2 Å². The number of hydrogen-bond donors (Lipinski definition) is 1. The predicted octanol–water partition coefficient (Wildman–Crippen LogP) is 4.78. The summed E-state index contributed by atoms with van der Waals surface area (Å²) < 4.78 is 0. The smallest absolute Gasteiger partial charge is 0.228 e. The highest BCUT2D eigenvalue weighted by atomic mass is 35.5. The van der Waals surface area contributed by atoms with Crippen LogP contribution < -0.4 is 5.32 Å². The Bertz CT molecular complexity index is 594. The molecule has 1 N–H and O–H groups in total. The van der Waals surface area contributed by atoms with Crippen LogP contribution in [0.2, 0.25) is 10.0 Å². The van der Waals surface area contributed by atoms with E-state index in [1.807, 2.05) is 0 Å². The molecule has 2 aliphatic carbocycles. The number of allylic oxidation sites excluding steroid dienone is 2. The fourth-order valence-corrected chi connectivity index (χ4v) is 3.83. The highest BCUT2D eigenvalue weighted by molar-refractivity contribution is 6.42. The minimum Gasteiger partial charge on any atom is -0.326 e. The molecule has 0 aliphatic heterocycles. The van der Waals surface area contributed by atoms with Crippen molar-refractivity contribution in [2.75, 3.05) is 5.32 Å². The summed E-state index contributed by atoms with van der Waals surface area (Å²) in [6.07, 6.45) is 5.39. The van der Waals surface area contributed by atoms with Gasteiger partial charge in [-0.25, -0.2) is 0 Å². The van der Waals surface area contributed by atoms with E-state index in [-0.39, 0.29) is 17.2 Å². The fraction of sp³-hybridized carbons (Fsp3) is 0.438. The number of halogens is 2. The molecule has 1 saturated carbocycles. The highest BCUT2D eigenvalue weighted by Crippen LogP contribution is 2.56. The van der Waals surface area contributed by atoms with Crippen molar-refractivity contribution in [1.29, 1.82) is 0 Å². The van der Waals surface area contributed by atoms with Gasteiger partial charge < -0.3 is 5.32 Å². The van der Waals surface area contributed by atoms with Crippen LogP contribution in [-0.2, 0) is 4.79 Å². The Balaban J connectivity index is 1.75. The summed E-state index contributed by atoms with van der Waals surface area (Å²) in [4.78, 5) is 12.5. The van der Waals surface area contributed by atoms with Gasteiger partial charge in [-0.05, 0) is 41.9 Å². The van der Waals surface area contributed by atoms with E-state index in [1.165, 1.54) is 0 Å². The summed E-state index contributed by atoms with van der Waals surface area (Å²) in [5.74, 6) is 0.968. The van der Waals surface area contributed by atoms with Crippen molar-refractivity contribution < 1.29 is 4.79 Å². The zero-order chi connectivity index (χ0) is 14.5. The lowest BCUT2D eigenvalue weighted by Crippen LogP contribution is -2.29. The van der Waals surface area contributed by atoms with Crippen LogP contribution in [-0.4, -0.2) is 5.91 Å². The predicted molar refractivity (Wildman–Crippen MR) is 83.1 cm³/mol. The molecule has 0 saturated heterocycles. The van der Waals surface area contributed by atoms with E-state index in [2.05, 4.69) is 31.3 Å². The lowest BCUT2D eigenvalue weighted by atomic mass is 9.79. The maximum absolute atomic E-state index is 12.5. The minimum atomic E-state index is 0.0504. The van der Waals surface area contributed by atoms with Crippen LogP contribution in [0.4, 0.5) is 5.69 Å². The Morgan fingerprint density at radius 2 is 2.00 bits per heavy atom. The molecule has 3 atom stereocenters. The van der Waals surface area contributed by atoms with Gasteiger partial charge in [-0.2, -0.15) is 0 Å². The molecule has 3 unspecified atom stereocenters. The number of benzene rings is 1. The van der Waals surface area contributed by atoms with E-state index in [0.29, 0.717) is 27.6 Å². The Labute approximate surface area is 129 Å². The first-order valence-corrected chi connectivity index (χ1v) is 7.59. The fourth-order valence-electron chi connectivity index (χ4n) is 3.53. The summed E-state index contributed by atoms with van der Waals surface area (Å²) in [6, 6.07) is 5.17. The topological polar surface area (TPSA) is 29.1 Å². The van der Waals surface area contributed by atoms with E-state index < -0.39 is 0 Å². The zero-order valence-electron chi connectivity index (χ0n) is 11.5. The van der Waals surface area contributed by atoms with Crippen molar-refractivity contribution >= 4 is 34.8 Å². The number of carbonyl (C=O) groups excluding carboxylic acids is 1. The largest absolute Gasteiger partial charge is 0.326 e. The first-order chi connectivity index (χ1) is 9.39. The standard InChI is InChI=1S/C16H17Cl2NO/c1-16(2)9-3-5-12(16)11(7-9)15(20)19-10-4-6-13(17)14(18)8-10/h3-6,8-9,11-12H,7H2,1-2H3,(H,19,20). The Morgan fingerprint density at radius 3 is 2.55 bits per heavy atom. The van der Waals surface area contributed by atoms with Crippen LogP contribution in [0.5, 0.6) is 0 Å². The maximum atomic E-state index is 12.5. The Hall–Kier alpha value is -0.990. The normalized spacial score (nSPS) is 29.7. The van der Waals surface area contributed by atoms with Crippen molar-refractivity contribution in [1.82, 2.24) is 0 Å². The quantitative estimate of drug-likeness (QED) is 0.783. The van der Waals surface area contributed by atoms with Gasteiger partial charge in [0, 0.05) is 11.6 Å². The number of hydrogen-bond acceptors (Lipinski definition) is 1. The van der Waals surface area contributed by atoms with Crippen LogP contribution >= 0.6 is 23.2 Å². The molecule has 4 heteroatoms. The van der Waals surface area contributed by atoms with Gasteiger partial charge in [0.25, 0.3) is 0 Å². The van der Waals surface area contributed by atoms with Gasteiger partial charge in [-0.15, -0.1) is 0 Å². The third-order valence-corrected chi connectivity index (χ3v) is 5.57. The molecule has 0 spiro atoms. The first kappa shape index (κ1) is 14.0. The molecule has 2 aliphatic rings. The molecule has 0 radical (unpaired) electrons. The average molecular weight is 310 g/mol.